The number of amides is 1. The molecule has 0 unspecified atom stereocenters. The minimum absolute atomic E-state index is 0.207. The Balaban J connectivity index is 1.56. The lowest BCUT2D eigenvalue weighted by molar-refractivity contribution is 0.102. The smallest absolute Gasteiger partial charge is 0.274 e. The molecule has 1 fully saturated rings. The van der Waals surface area contributed by atoms with Crippen LogP contribution in [0, 0.1) is 0 Å². The van der Waals surface area contributed by atoms with Gasteiger partial charge in [-0.1, -0.05) is 0 Å². The molecular weight excluding hydrogens is 340 g/mol. The van der Waals surface area contributed by atoms with Gasteiger partial charge in [0.15, 0.2) is 0 Å². The Morgan fingerprint density at radius 2 is 1.89 bits per heavy atom. The number of ether oxygens (including phenoxy) is 1. The summed E-state index contributed by atoms with van der Waals surface area (Å²) < 4.78 is 5.04. The summed E-state index contributed by atoms with van der Waals surface area (Å²) >= 11 is 0. The molecule has 1 amide bonds. The van der Waals surface area contributed by atoms with Crippen molar-refractivity contribution in [3.8, 4) is 0 Å². The maximum absolute atomic E-state index is 12.5. The highest BCUT2D eigenvalue weighted by Gasteiger charge is 2.12. The molecule has 2 N–H and O–H groups in total. The number of methoxy groups -OCH3 is 1. The van der Waals surface area contributed by atoms with E-state index in [1.807, 2.05) is 18.2 Å². The predicted octanol–water partition coefficient (Wildman–Crippen LogP) is 3.77. The first-order valence-corrected chi connectivity index (χ1v) is 9.61. The van der Waals surface area contributed by atoms with Crippen molar-refractivity contribution in [2.24, 2.45) is 0 Å². The molecular formula is C21H28N4O2. The van der Waals surface area contributed by atoms with Gasteiger partial charge in [0.2, 0.25) is 0 Å². The van der Waals surface area contributed by atoms with Crippen LogP contribution in [0.5, 0.6) is 0 Å². The fourth-order valence-corrected chi connectivity index (χ4v) is 3.22. The van der Waals surface area contributed by atoms with E-state index in [0.29, 0.717) is 12.3 Å². The van der Waals surface area contributed by atoms with E-state index in [1.165, 1.54) is 24.9 Å². The largest absolute Gasteiger partial charge is 0.385 e. The Bertz CT molecular complexity index is 727. The molecule has 0 atom stereocenters. The van der Waals surface area contributed by atoms with Gasteiger partial charge < -0.3 is 20.3 Å². The summed E-state index contributed by atoms with van der Waals surface area (Å²) in [6.45, 7) is 3.72. The summed E-state index contributed by atoms with van der Waals surface area (Å²) in [4.78, 5) is 19.1. The summed E-state index contributed by atoms with van der Waals surface area (Å²) in [5.74, 6) is -0.207. The summed E-state index contributed by atoms with van der Waals surface area (Å²) in [5, 5.41) is 6.20. The average Bonchev–Trinajstić information content (AvgIpc) is 2.73. The molecule has 27 heavy (non-hydrogen) atoms. The quantitative estimate of drug-likeness (QED) is 0.694. The lowest BCUT2D eigenvalue weighted by atomic mass is 10.1. The summed E-state index contributed by atoms with van der Waals surface area (Å²) in [6, 6.07) is 11.7. The van der Waals surface area contributed by atoms with Crippen LogP contribution < -0.4 is 15.5 Å². The number of nitrogens with one attached hydrogen (secondary N) is 2. The van der Waals surface area contributed by atoms with E-state index in [9.17, 15) is 4.79 Å². The van der Waals surface area contributed by atoms with Crippen LogP contribution in [-0.2, 0) is 4.74 Å². The van der Waals surface area contributed by atoms with Gasteiger partial charge in [-0.3, -0.25) is 9.78 Å². The van der Waals surface area contributed by atoms with Gasteiger partial charge in [0.1, 0.15) is 5.69 Å². The molecule has 1 aliphatic heterocycles. The van der Waals surface area contributed by atoms with Crippen molar-refractivity contribution in [1.29, 1.82) is 0 Å². The standard InChI is InChI=1S/C21H28N4O2/c1-27-15-5-11-22-18-10-12-23-20(16-18)21(26)24-17-6-8-19(9-7-17)25-13-3-2-4-14-25/h6-10,12,16H,2-5,11,13-15H2,1H3,(H,22,23)(H,24,26). The Kier molecular flexibility index (Phi) is 7.04. The average molecular weight is 368 g/mol. The van der Waals surface area contributed by atoms with Gasteiger partial charge in [-0.05, 0) is 62.1 Å². The van der Waals surface area contributed by atoms with Gasteiger partial charge in [-0.2, -0.15) is 0 Å². The van der Waals surface area contributed by atoms with Crippen LogP contribution in [0.2, 0.25) is 0 Å². The Morgan fingerprint density at radius 3 is 2.63 bits per heavy atom. The topological polar surface area (TPSA) is 66.5 Å². The molecule has 6 nitrogen and oxygen atoms in total. The van der Waals surface area contributed by atoms with Crippen molar-refractivity contribution in [3.05, 3.63) is 48.3 Å². The first-order valence-electron chi connectivity index (χ1n) is 9.61. The Morgan fingerprint density at radius 1 is 1.11 bits per heavy atom. The van der Waals surface area contributed by atoms with Crippen LogP contribution in [0.15, 0.2) is 42.6 Å². The second kappa shape index (κ2) is 9.92. The molecule has 0 aliphatic carbocycles. The highest BCUT2D eigenvalue weighted by atomic mass is 16.5. The van der Waals surface area contributed by atoms with Crippen LogP contribution in [0.4, 0.5) is 17.1 Å². The number of anilines is 3. The van der Waals surface area contributed by atoms with E-state index < -0.39 is 0 Å². The summed E-state index contributed by atoms with van der Waals surface area (Å²) in [7, 11) is 1.69. The molecule has 0 radical (unpaired) electrons. The number of rotatable bonds is 8. The van der Waals surface area contributed by atoms with E-state index >= 15 is 0 Å². The summed E-state index contributed by atoms with van der Waals surface area (Å²) in [6.07, 6.45) is 6.37. The molecule has 1 aromatic heterocycles. The molecule has 144 valence electrons. The van der Waals surface area contributed by atoms with Crippen LogP contribution in [0.3, 0.4) is 0 Å². The van der Waals surface area contributed by atoms with Crippen molar-refractivity contribution in [3.63, 3.8) is 0 Å². The molecule has 0 saturated carbocycles. The van der Waals surface area contributed by atoms with Crippen LogP contribution in [-0.4, -0.2) is 44.2 Å². The number of nitrogens with zero attached hydrogens (tertiary/aromatic N) is 2. The van der Waals surface area contributed by atoms with Crippen LogP contribution in [0.1, 0.15) is 36.2 Å². The third-order valence-corrected chi connectivity index (χ3v) is 4.69. The first kappa shape index (κ1) is 19.2. The lowest BCUT2D eigenvalue weighted by Gasteiger charge is -2.28. The van der Waals surface area contributed by atoms with Crippen molar-refractivity contribution < 1.29 is 9.53 Å². The van der Waals surface area contributed by atoms with Gasteiger partial charge in [0, 0.05) is 56.6 Å². The summed E-state index contributed by atoms with van der Waals surface area (Å²) in [5.41, 5.74) is 3.27. The van der Waals surface area contributed by atoms with E-state index in [0.717, 1.165) is 37.4 Å². The van der Waals surface area contributed by atoms with E-state index in [1.54, 1.807) is 19.4 Å². The van der Waals surface area contributed by atoms with Gasteiger partial charge in [0.25, 0.3) is 5.91 Å². The van der Waals surface area contributed by atoms with Crippen molar-refractivity contribution in [1.82, 2.24) is 4.98 Å². The van der Waals surface area contributed by atoms with Crippen LogP contribution in [0.25, 0.3) is 0 Å². The number of carbonyl (C=O) groups is 1. The molecule has 0 bridgehead atoms. The molecule has 2 heterocycles. The maximum atomic E-state index is 12.5. The number of hydrogen-bond acceptors (Lipinski definition) is 5. The third-order valence-electron chi connectivity index (χ3n) is 4.69. The number of piperidine rings is 1. The van der Waals surface area contributed by atoms with Crippen molar-refractivity contribution in [2.45, 2.75) is 25.7 Å². The molecule has 3 rings (SSSR count). The molecule has 1 aliphatic rings. The molecule has 1 aromatic carbocycles. The molecule has 2 aromatic rings. The van der Waals surface area contributed by atoms with Gasteiger partial charge in [-0.25, -0.2) is 0 Å². The molecule has 0 spiro atoms. The lowest BCUT2D eigenvalue weighted by Crippen LogP contribution is -2.29. The number of carbonyl (C=O) groups excluding carboxylic acids is 1. The zero-order chi connectivity index (χ0) is 18.9. The maximum Gasteiger partial charge on any atom is 0.274 e. The minimum Gasteiger partial charge on any atom is -0.385 e. The fraction of sp³-hybridized carbons (Fsp3) is 0.429. The van der Waals surface area contributed by atoms with E-state index in [4.69, 9.17) is 4.74 Å². The van der Waals surface area contributed by atoms with Crippen molar-refractivity contribution in [2.75, 3.05) is 48.9 Å². The Hall–Kier alpha value is -2.60. The number of benzene rings is 1. The second-order valence-electron chi connectivity index (χ2n) is 6.75. The molecule has 6 heteroatoms. The van der Waals surface area contributed by atoms with Gasteiger partial charge in [-0.15, -0.1) is 0 Å². The second-order valence-corrected chi connectivity index (χ2v) is 6.75. The minimum atomic E-state index is -0.207. The molecule has 1 saturated heterocycles. The van der Waals surface area contributed by atoms with E-state index in [-0.39, 0.29) is 5.91 Å². The fourth-order valence-electron chi connectivity index (χ4n) is 3.22. The SMILES string of the molecule is COCCCNc1ccnc(C(=O)Nc2ccc(N3CCCCC3)cc2)c1. The number of aromatic nitrogens is 1. The predicted molar refractivity (Wildman–Crippen MR) is 110 cm³/mol. The number of hydrogen-bond donors (Lipinski definition) is 2. The van der Waals surface area contributed by atoms with Gasteiger partial charge in [0.05, 0.1) is 0 Å². The van der Waals surface area contributed by atoms with E-state index in [2.05, 4.69) is 32.7 Å². The normalized spacial score (nSPS) is 14.0. The zero-order valence-corrected chi connectivity index (χ0v) is 15.9. The Labute approximate surface area is 160 Å². The van der Waals surface area contributed by atoms with Gasteiger partial charge >= 0.3 is 0 Å². The number of pyridine rings is 1. The third kappa shape index (κ3) is 5.69. The van der Waals surface area contributed by atoms with Crippen LogP contribution >= 0.6 is 0 Å². The highest BCUT2D eigenvalue weighted by Crippen LogP contribution is 2.22. The first-order chi connectivity index (χ1) is 13.3. The van der Waals surface area contributed by atoms with Crippen molar-refractivity contribution >= 4 is 23.0 Å². The monoisotopic (exact) mass is 368 g/mol. The zero-order valence-electron chi connectivity index (χ0n) is 15.9. The highest BCUT2D eigenvalue weighted by molar-refractivity contribution is 6.03.